The van der Waals surface area contributed by atoms with Crippen molar-refractivity contribution >= 4 is 57.3 Å². The Morgan fingerprint density at radius 1 is 1.43 bits per heavy atom. The van der Waals surface area contributed by atoms with Gasteiger partial charge in [0.05, 0.1) is 0 Å². The summed E-state index contributed by atoms with van der Waals surface area (Å²) in [5.74, 6) is 0.0926. The van der Waals surface area contributed by atoms with E-state index in [9.17, 15) is 4.79 Å². The predicted molar refractivity (Wildman–Crippen MR) is 30.1 cm³/mol. The smallest absolute Gasteiger partial charge is 0.218 e. The molecule has 0 aromatic rings. The van der Waals surface area contributed by atoms with Crippen LogP contribution in [-0.4, -0.2) is 76.3 Å². The molecular formula is C4H9KNO. The molecule has 0 bridgehead atoms. The van der Waals surface area contributed by atoms with Gasteiger partial charge in [0.1, 0.15) is 0 Å². The van der Waals surface area contributed by atoms with Gasteiger partial charge in [0.25, 0.3) is 0 Å². The van der Waals surface area contributed by atoms with Crippen LogP contribution in [0.5, 0.6) is 0 Å². The SMILES string of the molecule is CC(=O)N(C)C.[K]. The number of amides is 1. The minimum Gasteiger partial charge on any atom is -0.349 e. The number of rotatable bonds is 0. The van der Waals surface area contributed by atoms with Crippen LogP contribution in [0.25, 0.3) is 0 Å². The molecule has 0 saturated heterocycles. The second kappa shape index (κ2) is 5.25. The maximum atomic E-state index is 10.1. The summed E-state index contributed by atoms with van der Waals surface area (Å²) in [5, 5.41) is 0. The third kappa shape index (κ3) is 7.11. The van der Waals surface area contributed by atoms with Crippen LogP contribution < -0.4 is 0 Å². The van der Waals surface area contributed by atoms with E-state index in [0.717, 1.165) is 0 Å². The molecule has 0 aliphatic heterocycles. The van der Waals surface area contributed by atoms with E-state index in [2.05, 4.69) is 0 Å². The maximum absolute atomic E-state index is 10.1. The zero-order valence-corrected chi connectivity index (χ0v) is 8.48. The van der Waals surface area contributed by atoms with Crippen molar-refractivity contribution in [3.05, 3.63) is 0 Å². The number of carbonyl (C=O) groups excluding carboxylic acids is 1. The second-order valence-corrected chi connectivity index (χ2v) is 1.41. The average Bonchev–Trinajstić information content (AvgIpc) is 1.36. The first kappa shape index (κ1) is 11.0. The molecule has 0 aliphatic rings. The van der Waals surface area contributed by atoms with Crippen LogP contribution in [0.4, 0.5) is 0 Å². The fraction of sp³-hybridized carbons (Fsp3) is 0.750. The minimum atomic E-state index is 0. The Labute approximate surface area is 86.7 Å². The first-order chi connectivity index (χ1) is 2.64. The van der Waals surface area contributed by atoms with Crippen LogP contribution >= 0.6 is 0 Å². The third-order valence-electron chi connectivity index (χ3n) is 0.630. The molecule has 0 fully saturated rings. The summed E-state index contributed by atoms with van der Waals surface area (Å²) in [6.07, 6.45) is 0. The molecule has 7 heavy (non-hydrogen) atoms. The van der Waals surface area contributed by atoms with Crippen molar-refractivity contribution in [1.29, 1.82) is 0 Å². The molecule has 0 aliphatic carbocycles. The summed E-state index contributed by atoms with van der Waals surface area (Å²) >= 11 is 0. The number of hydrogen-bond acceptors (Lipinski definition) is 1. The molecule has 37 valence electrons. The van der Waals surface area contributed by atoms with Gasteiger partial charge in [-0.1, -0.05) is 0 Å². The van der Waals surface area contributed by atoms with E-state index in [1.54, 1.807) is 14.1 Å². The van der Waals surface area contributed by atoms with Gasteiger partial charge in [0, 0.05) is 72.4 Å². The number of nitrogens with zero attached hydrogens (tertiary/aromatic N) is 1. The van der Waals surface area contributed by atoms with Gasteiger partial charge < -0.3 is 4.90 Å². The minimum absolute atomic E-state index is 0. The van der Waals surface area contributed by atoms with E-state index in [1.807, 2.05) is 0 Å². The molecular weight excluding hydrogens is 117 g/mol. The van der Waals surface area contributed by atoms with Crippen molar-refractivity contribution in [2.24, 2.45) is 0 Å². The summed E-state index contributed by atoms with van der Waals surface area (Å²) in [7, 11) is 3.45. The number of carbonyl (C=O) groups is 1. The van der Waals surface area contributed by atoms with Gasteiger partial charge in [0.15, 0.2) is 0 Å². The summed E-state index contributed by atoms with van der Waals surface area (Å²) < 4.78 is 0. The van der Waals surface area contributed by atoms with Gasteiger partial charge in [0.2, 0.25) is 5.91 Å². The van der Waals surface area contributed by atoms with Crippen molar-refractivity contribution in [2.45, 2.75) is 6.92 Å². The predicted octanol–water partition coefficient (Wildman–Crippen LogP) is -0.286. The van der Waals surface area contributed by atoms with E-state index in [1.165, 1.54) is 11.8 Å². The molecule has 0 N–H and O–H groups in total. The van der Waals surface area contributed by atoms with E-state index in [-0.39, 0.29) is 57.3 Å². The normalized spacial score (nSPS) is 6.71. The van der Waals surface area contributed by atoms with E-state index in [0.29, 0.717) is 0 Å². The quantitative estimate of drug-likeness (QED) is 0.409. The van der Waals surface area contributed by atoms with Crippen LogP contribution in [0.1, 0.15) is 6.92 Å². The fourth-order valence-electron chi connectivity index (χ4n) is 0. The molecule has 1 amide bonds. The zero-order chi connectivity index (χ0) is 5.15. The van der Waals surface area contributed by atoms with Crippen molar-refractivity contribution in [1.82, 2.24) is 4.90 Å². The van der Waals surface area contributed by atoms with Crippen LogP contribution in [0.15, 0.2) is 0 Å². The van der Waals surface area contributed by atoms with Gasteiger partial charge in [-0.2, -0.15) is 0 Å². The Bertz CT molecular complexity index is 62.7. The Kier molecular flexibility index (Phi) is 8.23. The molecule has 3 heteroatoms. The second-order valence-electron chi connectivity index (χ2n) is 1.41. The van der Waals surface area contributed by atoms with Crippen LogP contribution in [0.3, 0.4) is 0 Å². The summed E-state index contributed by atoms with van der Waals surface area (Å²) in [4.78, 5) is 11.6. The largest absolute Gasteiger partial charge is 0.349 e. The molecule has 0 rings (SSSR count). The first-order valence-electron chi connectivity index (χ1n) is 1.82. The van der Waals surface area contributed by atoms with Crippen LogP contribution in [-0.2, 0) is 4.79 Å². The van der Waals surface area contributed by atoms with Crippen molar-refractivity contribution in [3.63, 3.8) is 0 Å². The van der Waals surface area contributed by atoms with Gasteiger partial charge >= 0.3 is 0 Å². The van der Waals surface area contributed by atoms with E-state index < -0.39 is 0 Å². The Morgan fingerprint density at radius 3 is 1.57 bits per heavy atom. The van der Waals surface area contributed by atoms with E-state index >= 15 is 0 Å². The maximum Gasteiger partial charge on any atom is 0.218 e. The fourth-order valence-corrected chi connectivity index (χ4v) is 0. The molecule has 0 unspecified atom stereocenters. The first-order valence-corrected chi connectivity index (χ1v) is 1.82. The van der Waals surface area contributed by atoms with Gasteiger partial charge in [-0.3, -0.25) is 4.79 Å². The van der Waals surface area contributed by atoms with Gasteiger partial charge in [-0.15, -0.1) is 0 Å². The number of hydrogen-bond donors (Lipinski definition) is 0. The molecule has 1 radical (unpaired) electrons. The van der Waals surface area contributed by atoms with Crippen LogP contribution in [0, 0.1) is 0 Å². The molecule has 0 saturated carbocycles. The van der Waals surface area contributed by atoms with E-state index in [4.69, 9.17) is 0 Å². The Morgan fingerprint density at radius 2 is 1.57 bits per heavy atom. The van der Waals surface area contributed by atoms with Gasteiger partial charge in [-0.05, 0) is 0 Å². The molecule has 0 spiro atoms. The van der Waals surface area contributed by atoms with Crippen molar-refractivity contribution in [2.75, 3.05) is 14.1 Å². The molecule has 2 nitrogen and oxygen atoms in total. The molecule has 0 aromatic carbocycles. The third-order valence-corrected chi connectivity index (χ3v) is 0.630. The van der Waals surface area contributed by atoms with Crippen molar-refractivity contribution < 1.29 is 4.79 Å². The summed E-state index contributed by atoms with van der Waals surface area (Å²) in [6.45, 7) is 1.53. The van der Waals surface area contributed by atoms with Gasteiger partial charge in [-0.25, -0.2) is 0 Å². The zero-order valence-electron chi connectivity index (χ0n) is 5.36. The van der Waals surface area contributed by atoms with Crippen LogP contribution in [0.2, 0.25) is 0 Å². The summed E-state index contributed by atoms with van der Waals surface area (Å²) in [6, 6.07) is 0. The Hall–Kier alpha value is 1.11. The topological polar surface area (TPSA) is 20.3 Å². The monoisotopic (exact) mass is 126 g/mol. The molecule has 0 atom stereocenters. The van der Waals surface area contributed by atoms with Crippen molar-refractivity contribution in [3.8, 4) is 0 Å². The average molecular weight is 126 g/mol. The standard InChI is InChI=1S/C4H9NO.K/c1-4(6)5(2)3;/h1-3H3;. The molecule has 0 aromatic heterocycles. The molecule has 0 heterocycles. The Balaban J connectivity index is 0. The summed E-state index contributed by atoms with van der Waals surface area (Å²) in [5.41, 5.74) is 0.